The molecule has 0 spiro atoms. The van der Waals surface area contributed by atoms with Crippen LogP contribution in [0.4, 0.5) is 0 Å². The smallest absolute Gasteiger partial charge is 0.293 e. The van der Waals surface area contributed by atoms with E-state index in [0.717, 1.165) is 5.69 Å². The molecule has 0 aliphatic heterocycles. The molecular formula is C14H9N5O2. The number of aromatic nitrogens is 5. The number of hydrogen-bond donors (Lipinski definition) is 1. The average Bonchev–Trinajstić information content (AvgIpc) is 2.96. The highest BCUT2D eigenvalue weighted by Gasteiger charge is 2.11. The van der Waals surface area contributed by atoms with Gasteiger partial charge in [0.2, 0.25) is 0 Å². The van der Waals surface area contributed by atoms with Crippen LogP contribution in [0.1, 0.15) is 0 Å². The van der Waals surface area contributed by atoms with Gasteiger partial charge in [0.1, 0.15) is 5.69 Å². The lowest BCUT2D eigenvalue weighted by molar-refractivity contribution is 0.176. The fraction of sp³-hybridized carbons (Fsp3) is 0. The van der Waals surface area contributed by atoms with E-state index in [1.807, 2.05) is 18.2 Å². The Morgan fingerprint density at radius 3 is 2.81 bits per heavy atom. The third-order valence-electron chi connectivity index (χ3n) is 3.26. The largest absolute Gasteiger partial charge is 0.425 e. The van der Waals surface area contributed by atoms with Crippen LogP contribution in [0.15, 0.2) is 53.7 Å². The van der Waals surface area contributed by atoms with Gasteiger partial charge in [0.05, 0.1) is 16.6 Å². The molecule has 0 unspecified atom stereocenters. The molecule has 0 saturated carbocycles. The number of nitrogens with zero attached hydrogens (tertiary/aromatic N) is 5. The third-order valence-corrected chi connectivity index (χ3v) is 3.26. The summed E-state index contributed by atoms with van der Waals surface area (Å²) in [7, 11) is 0. The van der Waals surface area contributed by atoms with Gasteiger partial charge >= 0.3 is 0 Å². The zero-order valence-electron chi connectivity index (χ0n) is 10.7. The molecule has 0 fully saturated rings. The van der Waals surface area contributed by atoms with Crippen molar-refractivity contribution in [3.05, 3.63) is 59.3 Å². The van der Waals surface area contributed by atoms with Crippen molar-refractivity contribution in [2.45, 2.75) is 0 Å². The molecule has 0 aromatic carbocycles. The predicted octanol–water partition coefficient (Wildman–Crippen LogP) is 1.34. The Labute approximate surface area is 117 Å². The summed E-state index contributed by atoms with van der Waals surface area (Å²) in [6.07, 6.45) is 4.41. The monoisotopic (exact) mass is 279 g/mol. The molecule has 4 rings (SSSR count). The Morgan fingerprint density at radius 2 is 2.00 bits per heavy atom. The zero-order valence-corrected chi connectivity index (χ0v) is 10.7. The highest BCUT2D eigenvalue weighted by molar-refractivity contribution is 5.80. The predicted molar refractivity (Wildman–Crippen MR) is 75.2 cm³/mol. The topological polar surface area (TPSA) is 85.3 Å². The van der Waals surface area contributed by atoms with E-state index in [2.05, 4.69) is 15.1 Å². The molecule has 21 heavy (non-hydrogen) atoms. The third kappa shape index (κ3) is 1.68. The van der Waals surface area contributed by atoms with E-state index < -0.39 is 5.56 Å². The van der Waals surface area contributed by atoms with Crippen LogP contribution < -0.4 is 5.56 Å². The van der Waals surface area contributed by atoms with Crippen LogP contribution >= 0.6 is 0 Å². The molecule has 4 aromatic heterocycles. The van der Waals surface area contributed by atoms with Gasteiger partial charge in [-0.25, -0.2) is 9.50 Å². The maximum Gasteiger partial charge on any atom is 0.293 e. The van der Waals surface area contributed by atoms with Crippen LogP contribution in [0.2, 0.25) is 0 Å². The van der Waals surface area contributed by atoms with Crippen molar-refractivity contribution in [3.8, 4) is 11.4 Å². The van der Waals surface area contributed by atoms with Crippen LogP contribution in [0, 0.1) is 0 Å². The molecule has 4 aromatic rings. The van der Waals surface area contributed by atoms with E-state index in [-0.39, 0.29) is 0 Å². The Kier molecular flexibility index (Phi) is 2.28. The summed E-state index contributed by atoms with van der Waals surface area (Å²) in [4.78, 5) is 20.3. The minimum Gasteiger partial charge on any atom is -0.425 e. The normalized spacial score (nSPS) is 11.2. The number of hydrogen-bond acceptors (Lipinski definition) is 5. The molecule has 0 amide bonds. The van der Waals surface area contributed by atoms with Gasteiger partial charge < -0.3 is 5.21 Å². The summed E-state index contributed by atoms with van der Waals surface area (Å²) in [5.41, 5.74) is 2.06. The van der Waals surface area contributed by atoms with Crippen LogP contribution in [0.3, 0.4) is 0 Å². The molecule has 7 nitrogen and oxygen atoms in total. The fourth-order valence-electron chi connectivity index (χ4n) is 2.25. The van der Waals surface area contributed by atoms with E-state index in [1.54, 1.807) is 22.8 Å². The molecule has 7 heteroatoms. The van der Waals surface area contributed by atoms with Crippen LogP contribution in [0.25, 0.3) is 27.9 Å². The maximum absolute atomic E-state index is 11.9. The van der Waals surface area contributed by atoms with Crippen LogP contribution in [-0.4, -0.2) is 29.5 Å². The highest BCUT2D eigenvalue weighted by atomic mass is 16.5. The van der Waals surface area contributed by atoms with E-state index in [4.69, 9.17) is 0 Å². The Bertz CT molecular complexity index is 1020. The molecule has 0 atom stereocenters. The quantitative estimate of drug-likeness (QED) is 0.531. The molecule has 4 heterocycles. The molecule has 0 aliphatic carbocycles. The Balaban J connectivity index is 2.06. The Morgan fingerprint density at radius 1 is 1.10 bits per heavy atom. The molecule has 102 valence electrons. The van der Waals surface area contributed by atoms with Crippen molar-refractivity contribution in [3.63, 3.8) is 0 Å². The lowest BCUT2D eigenvalue weighted by Crippen LogP contribution is -2.17. The lowest BCUT2D eigenvalue weighted by Gasteiger charge is -2.01. The second kappa shape index (κ2) is 4.14. The van der Waals surface area contributed by atoms with Gasteiger partial charge in [-0.05, 0) is 18.2 Å². The maximum atomic E-state index is 11.9. The minimum absolute atomic E-state index is 0.295. The second-order valence-corrected chi connectivity index (χ2v) is 4.54. The van der Waals surface area contributed by atoms with Gasteiger partial charge in [-0.1, -0.05) is 6.07 Å². The van der Waals surface area contributed by atoms with Crippen molar-refractivity contribution >= 4 is 16.6 Å². The molecule has 1 N–H and O–H groups in total. The molecule has 0 aliphatic rings. The summed E-state index contributed by atoms with van der Waals surface area (Å²) >= 11 is 0. The van der Waals surface area contributed by atoms with Crippen molar-refractivity contribution in [1.82, 2.24) is 24.3 Å². The first-order chi connectivity index (χ1) is 10.2. The first-order valence-corrected chi connectivity index (χ1v) is 6.25. The van der Waals surface area contributed by atoms with Gasteiger partial charge in [-0.2, -0.15) is 9.83 Å². The fourth-order valence-corrected chi connectivity index (χ4v) is 2.25. The van der Waals surface area contributed by atoms with E-state index >= 15 is 0 Å². The first kappa shape index (κ1) is 11.6. The molecule has 0 radical (unpaired) electrons. The first-order valence-electron chi connectivity index (χ1n) is 6.25. The second-order valence-electron chi connectivity index (χ2n) is 4.54. The lowest BCUT2D eigenvalue weighted by atomic mass is 10.3. The standard InChI is InChI=1S/C14H9N5O2/c20-14-9-8-16-13-7-11(10-3-1-2-5-15-10)17-19(13)12(9)4-6-18(14)21/h1-8,21H. The highest BCUT2D eigenvalue weighted by Crippen LogP contribution is 2.18. The average molecular weight is 279 g/mol. The van der Waals surface area contributed by atoms with E-state index in [9.17, 15) is 10.0 Å². The summed E-state index contributed by atoms with van der Waals surface area (Å²) in [5.74, 6) is 0. The van der Waals surface area contributed by atoms with Gasteiger partial charge in [0.25, 0.3) is 5.56 Å². The minimum atomic E-state index is -0.531. The van der Waals surface area contributed by atoms with Gasteiger partial charge in [0, 0.05) is 24.7 Å². The van der Waals surface area contributed by atoms with Crippen molar-refractivity contribution in [2.24, 2.45) is 0 Å². The Hall–Kier alpha value is -3.22. The molecule has 0 bridgehead atoms. The molecular weight excluding hydrogens is 270 g/mol. The summed E-state index contributed by atoms with van der Waals surface area (Å²) < 4.78 is 2.10. The SMILES string of the molecule is O=c1c2cnc3cc(-c4ccccn4)nn3c2ccn1O. The summed E-state index contributed by atoms with van der Waals surface area (Å²) in [5, 5.41) is 14.1. The van der Waals surface area contributed by atoms with Gasteiger partial charge in [0.15, 0.2) is 5.65 Å². The van der Waals surface area contributed by atoms with E-state index in [1.165, 1.54) is 12.4 Å². The number of fused-ring (bicyclic) bond motifs is 3. The van der Waals surface area contributed by atoms with Crippen molar-refractivity contribution in [2.75, 3.05) is 0 Å². The van der Waals surface area contributed by atoms with Crippen LogP contribution in [0.5, 0.6) is 0 Å². The van der Waals surface area contributed by atoms with Crippen molar-refractivity contribution in [1.29, 1.82) is 0 Å². The summed E-state index contributed by atoms with van der Waals surface area (Å²) in [6, 6.07) is 8.97. The number of rotatable bonds is 1. The van der Waals surface area contributed by atoms with Gasteiger partial charge in [-0.15, -0.1) is 0 Å². The van der Waals surface area contributed by atoms with E-state index in [0.29, 0.717) is 27.0 Å². The van der Waals surface area contributed by atoms with Gasteiger partial charge in [-0.3, -0.25) is 9.78 Å². The molecule has 0 saturated heterocycles. The van der Waals surface area contributed by atoms with Crippen LogP contribution in [-0.2, 0) is 0 Å². The zero-order chi connectivity index (χ0) is 14.4. The van der Waals surface area contributed by atoms with Crippen molar-refractivity contribution < 1.29 is 5.21 Å². The number of pyridine rings is 2. The summed E-state index contributed by atoms with van der Waals surface area (Å²) in [6.45, 7) is 0.